The van der Waals surface area contributed by atoms with Crippen LogP contribution in [-0.4, -0.2) is 18.5 Å². The largest absolute Gasteiger partial charge is 0.352 e. The fraction of sp³-hybridized carbons (Fsp3) is 0.296. The first-order valence-corrected chi connectivity index (χ1v) is 12.0. The normalized spacial score (nSPS) is 17.4. The van der Waals surface area contributed by atoms with Crippen LogP contribution in [0.4, 0.5) is 0 Å². The minimum absolute atomic E-state index is 0.138. The Hall–Kier alpha value is -2.33. The Morgan fingerprint density at radius 2 is 1.75 bits per heavy atom. The average Bonchev–Trinajstić information content (AvgIpc) is 3.44. The van der Waals surface area contributed by atoms with Crippen LogP contribution in [0.15, 0.2) is 54.6 Å². The molecule has 1 aliphatic heterocycles. The van der Waals surface area contributed by atoms with Gasteiger partial charge < -0.3 is 10.6 Å². The molecule has 1 atom stereocenters. The number of nitrogens with one attached hydrogen (secondary N) is 2. The summed E-state index contributed by atoms with van der Waals surface area (Å²) in [5.74, 6) is 0.138. The zero-order valence-corrected chi connectivity index (χ0v) is 19.4. The minimum Gasteiger partial charge on any atom is -0.352 e. The van der Waals surface area contributed by atoms with E-state index in [4.69, 9.17) is 23.2 Å². The third-order valence-corrected chi connectivity index (χ3v) is 7.35. The van der Waals surface area contributed by atoms with Gasteiger partial charge in [0.25, 0.3) is 0 Å². The topological polar surface area (TPSA) is 41.1 Å². The van der Waals surface area contributed by atoms with Gasteiger partial charge in [-0.05, 0) is 59.6 Å². The number of halogens is 2. The summed E-state index contributed by atoms with van der Waals surface area (Å²) in [5.41, 5.74) is 8.26. The third kappa shape index (κ3) is 4.30. The van der Waals surface area contributed by atoms with Crippen LogP contribution in [0.3, 0.4) is 0 Å². The van der Waals surface area contributed by atoms with E-state index >= 15 is 0 Å². The second kappa shape index (κ2) is 9.27. The molecular formula is C27H26Cl2N2O. The van der Waals surface area contributed by atoms with Crippen LogP contribution in [0, 0.1) is 0 Å². The van der Waals surface area contributed by atoms with E-state index in [-0.39, 0.29) is 11.9 Å². The second-order valence-corrected chi connectivity index (χ2v) is 9.49. The molecule has 2 N–H and O–H groups in total. The van der Waals surface area contributed by atoms with E-state index < -0.39 is 0 Å². The molecule has 2 aliphatic rings. The molecule has 5 rings (SSSR count). The van der Waals surface area contributed by atoms with E-state index in [9.17, 15) is 4.79 Å². The molecule has 32 heavy (non-hydrogen) atoms. The Bertz CT molecular complexity index is 1170. The molecule has 0 saturated carbocycles. The summed E-state index contributed by atoms with van der Waals surface area (Å²) in [6, 6.07) is 19.1. The summed E-state index contributed by atoms with van der Waals surface area (Å²) < 4.78 is 0. The smallest absolute Gasteiger partial charge is 0.220 e. The van der Waals surface area contributed by atoms with Crippen molar-refractivity contribution in [3.8, 4) is 22.3 Å². The first-order chi connectivity index (χ1) is 15.6. The first kappa shape index (κ1) is 21.5. The van der Waals surface area contributed by atoms with Crippen molar-refractivity contribution >= 4 is 29.1 Å². The zero-order chi connectivity index (χ0) is 22.1. The van der Waals surface area contributed by atoms with Crippen molar-refractivity contribution in [2.75, 3.05) is 6.54 Å². The number of amides is 1. The van der Waals surface area contributed by atoms with Gasteiger partial charge in [-0.2, -0.15) is 0 Å². The number of benzene rings is 3. The van der Waals surface area contributed by atoms with E-state index in [0.29, 0.717) is 18.0 Å². The lowest BCUT2D eigenvalue weighted by molar-refractivity contribution is -0.119. The molecule has 1 fully saturated rings. The molecule has 3 nitrogen and oxygen atoms in total. The van der Waals surface area contributed by atoms with Crippen molar-refractivity contribution in [1.29, 1.82) is 0 Å². The van der Waals surface area contributed by atoms with Gasteiger partial charge in [0, 0.05) is 41.7 Å². The van der Waals surface area contributed by atoms with Crippen LogP contribution in [0.1, 0.15) is 36.0 Å². The van der Waals surface area contributed by atoms with Gasteiger partial charge in [-0.15, -0.1) is 0 Å². The fourth-order valence-electron chi connectivity index (χ4n) is 4.90. The quantitative estimate of drug-likeness (QED) is 0.456. The van der Waals surface area contributed by atoms with E-state index in [1.165, 1.54) is 23.1 Å². The maximum atomic E-state index is 11.3. The monoisotopic (exact) mass is 464 g/mol. The number of aryl methyl sites for hydroxylation is 1. The Kier molecular flexibility index (Phi) is 6.23. The maximum Gasteiger partial charge on any atom is 0.220 e. The molecule has 0 aromatic heterocycles. The number of hydrogen-bond donors (Lipinski definition) is 2. The average molecular weight is 465 g/mol. The molecule has 5 heteroatoms. The number of fused-ring (bicyclic) bond motifs is 1. The highest BCUT2D eigenvalue weighted by Crippen LogP contribution is 2.40. The van der Waals surface area contributed by atoms with Gasteiger partial charge >= 0.3 is 0 Å². The van der Waals surface area contributed by atoms with Crippen LogP contribution in [0.2, 0.25) is 10.0 Å². The molecule has 3 aromatic rings. The molecule has 1 heterocycles. The standard InChI is InChI=1S/C27H26Cl2N2O/c28-25-14-18(10-11-19(25)15-30-16-20-12-13-26(32)31-20)22-7-3-9-24(27(22)29)23-8-2-5-17-4-1-6-21(17)23/h2-3,5,7-11,14,20,30H,1,4,6,12-13,15-16H2,(H,31,32)/t20-/m0/s1. The van der Waals surface area contributed by atoms with Gasteiger partial charge in [-0.1, -0.05) is 71.7 Å². The second-order valence-electron chi connectivity index (χ2n) is 8.70. The van der Waals surface area contributed by atoms with Crippen molar-refractivity contribution in [2.45, 2.75) is 44.7 Å². The zero-order valence-electron chi connectivity index (χ0n) is 17.9. The lowest BCUT2D eigenvalue weighted by Gasteiger charge is -2.15. The minimum atomic E-state index is 0.138. The number of hydrogen-bond acceptors (Lipinski definition) is 2. The van der Waals surface area contributed by atoms with E-state index in [1.807, 2.05) is 6.07 Å². The lowest BCUT2D eigenvalue weighted by Crippen LogP contribution is -2.35. The van der Waals surface area contributed by atoms with Gasteiger partial charge in [0.05, 0.1) is 5.02 Å². The summed E-state index contributed by atoms with van der Waals surface area (Å²) in [6.07, 6.45) is 4.98. The molecule has 0 bridgehead atoms. The molecule has 1 aliphatic carbocycles. The van der Waals surface area contributed by atoms with E-state index in [2.05, 4.69) is 59.2 Å². The summed E-state index contributed by atoms with van der Waals surface area (Å²) in [6.45, 7) is 1.41. The Labute approximate surface area is 199 Å². The predicted molar refractivity (Wildman–Crippen MR) is 132 cm³/mol. The Balaban J connectivity index is 1.36. The Morgan fingerprint density at radius 3 is 2.56 bits per heavy atom. The first-order valence-electron chi connectivity index (χ1n) is 11.3. The third-order valence-electron chi connectivity index (χ3n) is 6.59. The van der Waals surface area contributed by atoms with Gasteiger partial charge in [0.2, 0.25) is 5.91 Å². The Morgan fingerprint density at radius 1 is 0.938 bits per heavy atom. The number of carbonyl (C=O) groups excluding carboxylic acids is 1. The predicted octanol–water partition coefficient (Wildman–Crippen LogP) is 6.18. The van der Waals surface area contributed by atoms with Crippen molar-refractivity contribution in [3.05, 3.63) is 81.3 Å². The lowest BCUT2D eigenvalue weighted by atomic mass is 9.94. The summed E-state index contributed by atoms with van der Waals surface area (Å²) in [7, 11) is 0. The molecule has 1 amide bonds. The highest BCUT2D eigenvalue weighted by Gasteiger charge is 2.20. The summed E-state index contributed by atoms with van der Waals surface area (Å²) in [5, 5.41) is 7.87. The fourth-order valence-corrected chi connectivity index (χ4v) is 5.49. The van der Waals surface area contributed by atoms with Crippen molar-refractivity contribution in [2.24, 2.45) is 0 Å². The van der Waals surface area contributed by atoms with Crippen molar-refractivity contribution in [1.82, 2.24) is 10.6 Å². The van der Waals surface area contributed by atoms with Crippen molar-refractivity contribution in [3.63, 3.8) is 0 Å². The molecule has 3 aromatic carbocycles. The molecule has 164 valence electrons. The molecule has 1 saturated heterocycles. The molecule has 0 spiro atoms. The van der Waals surface area contributed by atoms with Crippen LogP contribution >= 0.6 is 23.2 Å². The van der Waals surface area contributed by atoms with Gasteiger partial charge in [-0.3, -0.25) is 4.79 Å². The van der Waals surface area contributed by atoms with Crippen LogP contribution in [0.25, 0.3) is 22.3 Å². The summed E-state index contributed by atoms with van der Waals surface area (Å²) in [4.78, 5) is 11.3. The molecule has 0 radical (unpaired) electrons. The van der Waals surface area contributed by atoms with Gasteiger partial charge in [-0.25, -0.2) is 0 Å². The van der Waals surface area contributed by atoms with E-state index in [1.54, 1.807) is 0 Å². The highest BCUT2D eigenvalue weighted by molar-refractivity contribution is 6.36. The SMILES string of the molecule is O=C1CC[C@@H](CNCc2ccc(-c3cccc(-c4cccc5c4CCC5)c3Cl)cc2Cl)N1. The molecule has 0 unspecified atom stereocenters. The number of carbonyl (C=O) groups is 1. The van der Waals surface area contributed by atoms with Gasteiger partial charge in [0.15, 0.2) is 0 Å². The van der Waals surface area contributed by atoms with Crippen LogP contribution in [0.5, 0.6) is 0 Å². The van der Waals surface area contributed by atoms with Crippen LogP contribution in [-0.2, 0) is 24.2 Å². The summed E-state index contributed by atoms with van der Waals surface area (Å²) >= 11 is 13.6. The molecular weight excluding hydrogens is 439 g/mol. The van der Waals surface area contributed by atoms with Gasteiger partial charge in [0.1, 0.15) is 0 Å². The van der Waals surface area contributed by atoms with Crippen molar-refractivity contribution < 1.29 is 4.79 Å². The maximum absolute atomic E-state index is 11.3. The number of rotatable bonds is 6. The van der Waals surface area contributed by atoms with Crippen LogP contribution < -0.4 is 10.6 Å². The van der Waals surface area contributed by atoms with E-state index in [0.717, 1.165) is 53.1 Å². The highest BCUT2D eigenvalue weighted by atomic mass is 35.5.